The number of rotatable bonds is 3. The molecule has 2 N–H and O–H groups in total. The molecule has 0 aliphatic heterocycles. The van der Waals surface area contributed by atoms with Crippen LogP contribution in [0.25, 0.3) is 11.0 Å². The van der Waals surface area contributed by atoms with Crippen molar-refractivity contribution in [2.45, 2.75) is 13.0 Å². The minimum Gasteiger partial charge on any atom is -0.338 e. The molecule has 2 rings (SSSR count). The van der Waals surface area contributed by atoms with E-state index in [1.165, 1.54) is 0 Å². The number of nitrogens with zero attached hydrogens (tertiary/aromatic N) is 4. The van der Waals surface area contributed by atoms with Crippen molar-refractivity contribution in [2.75, 3.05) is 13.6 Å². The van der Waals surface area contributed by atoms with Crippen molar-refractivity contribution >= 4 is 29.3 Å². The van der Waals surface area contributed by atoms with E-state index in [0.717, 1.165) is 11.0 Å². The van der Waals surface area contributed by atoms with Gasteiger partial charge in [-0.3, -0.25) is 4.79 Å². The monoisotopic (exact) mass is 283 g/mol. The number of amides is 1. The summed E-state index contributed by atoms with van der Waals surface area (Å²) in [4.78, 5) is 13.8. The molecule has 1 atom stereocenters. The summed E-state index contributed by atoms with van der Waals surface area (Å²) in [5.41, 5.74) is 7.79. The normalized spacial score (nSPS) is 12.0. The Morgan fingerprint density at radius 1 is 1.53 bits per heavy atom. The molecule has 0 bridgehead atoms. The second kappa shape index (κ2) is 5.99. The Hall–Kier alpha value is -1.66. The molecule has 1 aromatic heterocycles. The van der Waals surface area contributed by atoms with Gasteiger partial charge in [0.2, 0.25) is 0 Å². The third-order valence-electron chi connectivity index (χ3n) is 3.18. The molecule has 1 unspecified atom stereocenters. The third kappa shape index (κ3) is 2.85. The molecule has 0 saturated heterocycles. The van der Waals surface area contributed by atoms with E-state index in [4.69, 9.17) is 5.73 Å². The number of carbonyl (C=O) groups excluding carboxylic acids is 1. The summed E-state index contributed by atoms with van der Waals surface area (Å²) in [6.07, 6.45) is 0. The quantitative estimate of drug-likeness (QED) is 0.904. The van der Waals surface area contributed by atoms with Crippen molar-refractivity contribution in [2.24, 2.45) is 12.8 Å². The average molecular weight is 284 g/mol. The molecule has 2 aromatic rings. The molecule has 104 valence electrons. The molecule has 0 spiro atoms. The van der Waals surface area contributed by atoms with Gasteiger partial charge in [-0.25, -0.2) is 4.68 Å². The molecule has 0 radical (unpaired) electrons. The van der Waals surface area contributed by atoms with Crippen LogP contribution in [0.1, 0.15) is 17.3 Å². The molecule has 0 aliphatic carbocycles. The fourth-order valence-electron chi connectivity index (χ4n) is 1.74. The van der Waals surface area contributed by atoms with E-state index in [-0.39, 0.29) is 24.4 Å². The fraction of sp³-hybridized carbons (Fsp3) is 0.417. The number of carbonyl (C=O) groups is 1. The van der Waals surface area contributed by atoms with E-state index < -0.39 is 0 Å². The summed E-state index contributed by atoms with van der Waals surface area (Å²) in [7, 11) is 3.57. The van der Waals surface area contributed by atoms with Crippen LogP contribution < -0.4 is 5.73 Å². The lowest BCUT2D eigenvalue weighted by Gasteiger charge is -2.23. The summed E-state index contributed by atoms with van der Waals surface area (Å²) in [6, 6.07) is 5.40. The Bertz CT molecular complexity index is 583. The molecule has 0 saturated carbocycles. The summed E-state index contributed by atoms with van der Waals surface area (Å²) >= 11 is 0. The first-order valence-corrected chi connectivity index (χ1v) is 5.81. The van der Waals surface area contributed by atoms with Crippen LogP contribution in [0.2, 0.25) is 0 Å². The average Bonchev–Trinajstić information content (AvgIpc) is 2.77. The van der Waals surface area contributed by atoms with Gasteiger partial charge in [-0.15, -0.1) is 17.5 Å². The number of benzene rings is 1. The molecule has 0 aliphatic rings. The lowest BCUT2D eigenvalue weighted by atomic mass is 10.1. The fourth-order valence-corrected chi connectivity index (χ4v) is 1.74. The Kier molecular flexibility index (Phi) is 4.85. The van der Waals surface area contributed by atoms with E-state index >= 15 is 0 Å². The standard InChI is InChI=1S/C12H17N5O.ClH/c1-8(7-13)16(2)12(18)9-4-5-11-10(6-9)14-15-17(11)3;/h4-6,8H,7,13H2,1-3H3;1H. The summed E-state index contributed by atoms with van der Waals surface area (Å²) in [5.74, 6) is -0.0551. The van der Waals surface area contributed by atoms with Crippen LogP contribution >= 0.6 is 12.4 Å². The maximum atomic E-state index is 12.2. The molecule has 6 nitrogen and oxygen atoms in total. The van der Waals surface area contributed by atoms with Crippen molar-refractivity contribution in [1.29, 1.82) is 0 Å². The lowest BCUT2D eigenvalue weighted by Crippen LogP contribution is -2.39. The van der Waals surface area contributed by atoms with Crippen molar-refractivity contribution in [3.8, 4) is 0 Å². The highest BCUT2D eigenvalue weighted by Crippen LogP contribution is 2.14. The van der Waals surface area contributed by atoms with Crippen LogP contribution in [0.5, 0.6) is 0 Å². The van der Waals surface area contributed by atoms with Crippen LogP contribution in [-0.2, 0) is 7.05 Å². The number of nitrogens with two attached hydrogens (primary N) is 1. The number of aryl methyl sites for hydroxylation is 1. The third-order valence-corrected chi connectivity index (χ3v) is 3.18. The second-order valence-corrected chi connectivity index (χ2v) is 4.42. The molecular formula is C12H18ClN5O. The van der Waals surface area contributed by atoms with Crippen molar-refractivity contribution < 1.29 is 4.79 Å². The molecule has 1 aromatic carbocycles. The minimum atomic E-state index is -0.0551. The molecule has 7 heteroatoms. The Balaban J connectivity index is 0.00000180. The maximum Gasteiger partial charge on any atom is 0.253 e. The van der Waals surface area contributed by atoms with Crippen molar-refractivity contribution in [3.05, 3.63) is 23.8 Å². The van der Waals surface area contributed by atoms with Crippen LogP contribution in [0.4, 0.5) is 0 Å². The first-order chi connectivity index (χ1) is 8.54. The zero-order valence-electron chi connectivity index (χ0n) is 11.2. The SMILES string of the molecule is CC(CN)N(C)C(=O)c1ccc2c(c1)nnn2C.Cl. The number of halogens is 1. The van der Waals surface area contributed by atoms with Crippen LogP contribution in [0.3, 0.4) is 0 Å². The van der Waals surface area contributed by atoms with Crippen LogP contribution in [0.15, 0.2) is 18.2 Å². The molecular weight excluding hydrogens is 266 g/mol. The van der Waals surface area contributed by atoms with Crippen LogP contribution in [0, 0.1) is 0 Å². The number of fused-ring (bicyclic) bond motifs is 1. The van der Waals surface area contributed by atoms with Gasteiger partial charge in [-0.1, -0.05) is 5.21 Å². The number of hydrogen-bond acceptors (Lipinski definition) is 4. The van der Waals surface area contributed by atoms with E-state index in [9.17, 15) is 4.79 Å². The lowest BCUT2D eigenvalue weighted by molar-refractivity contribution is 0.0748. The van der Waals surface area contributed by atoms with E-state index in [1.807, 2.05) is 20.0 Å². The Labute approximate surface area is 118 Å². The predicted octanol–water partition coefficient (Wildman–Crippen LogP) is 0.809. The minimum absolute atomic E-state index is 0. The number of likely N-dealkylation sites (N-methyl/N-ethyl adjacent to an activating group) is 1. The molecule has 0 fully saturated rings. The van der Waals surface area contributed by atoms with Gasteiger partial charge in [0, 0.05) is 32.2 Å². The van der Waals surface area contributed by atoms with Gasteiger partial charge in [0.15, 0.2) is 0 Å². The zero-order chi connectivity index (χ0) is 13.3. The van der Waals surface area contributed by atoms with Gasteiger partial charge in [-0.2, -0.15) is 0 Å². The van der Waals surface area contributed by atoms with E-state index in [2.05, 4.69) is 10.3 Å². The van der Waals surface area contributed by atoms with Gasteiger partial charge < -0.3 is 10.6 Å². The smallest absolute Gasteiger partial charge is 0.253 e. The highest BCUT2D eigenvalue weighted by molar-refractivity contribution is 5.97. The second-order valence-electron chi connectivity index (χ2n) is 4.42. The largest absolute Gasteiger partial charge is 0.338 e. The van der Waals surface area contributed by atoms with E-state index in [1.54, 1.807) is 28.8 Å². The highest BCUT2D eigenvalue weighted by atomic mass is 35.5. The topological polar surface area (TPSA) is 77.0 Å². The summed E-state index contributed by atoms with van der Waals surface area (Å²) in [6.45, 7) is 2.36. The highest BCUT2D eigenvalue weighted by Gasteiger charge is 2.17. The summed E-state index contributed by atoms with van der Waals surface area (Å²) < 4.78 is 1.68. The first-order valence-electron chi connectivity index (χ1n) is 5.81. The Morgan fingerprint density at radius 3 is 2.84 bits per heavy atom. The van der Waals surface area contributed by atoms with Gasteiger partial charge >= 0.3 is 0 Å². The van der Waals surface area contributed by atoms with Crippen LogP contribution in [-0.4, -0.2) is 45.4 Å². The molecule has 1 amide bonds. The zero-order valence-corrected chi connectivity index (χ0v) is 12.0. The summed E-state index contributed by atoms with van der Waals surface area (Å²) in [5, 5.41) is 7.92. The first kappa shape index (κ1) is 15.4. The van der Waals surface area contributed by atoms with Crippen molar-refractivity contribution in [3.63, 3.8) is 0 Å². The van der Waals surface area contributed by atoms with E-state index in [0.29, 0.717) is 12.1 Å². The maximum absolute atomic E-state index is 12.2. The van der Waals surface area contributed by atoms with Crippen molar-refractivity contribution in [1.82, 2.24) is 19.9 Å². The van der Waals surface area contributed by atoms with Gasteiger partial charge in [0.05, 0.1) is 5.52 Å². The van der Waals surface area contributed by atoms with Gasteiger partial charge in [-0.05, 0) is 25.1 Å². The molecule has 19 heavy (non-hydrogen) atoms. The number of hydrogen-bond donors (Lipinski definition) is 1. The Morgan fingerprint density at radius 2 is 2.21 bits per heavy atom. The van der Waals surface area contributed by atoms with Gasteiger partial charge in [0.25, 0.3) is 5.91 Å². The predicted molar refractivity (Wildman–Crippen MR) is 76.4 cm³/mol. The molecule has 1 heterocycles. The van der Waals surface area contributed by atoms with Gasteiger partial charge in [0.1, 0.15) is 5.52 Å². The number of aromatic nitrogens is 3.